The van der Waals surface area contributed by atoms with Crippen molar-refractivity contribution < 1.29 is 8.78 Å². The molecule has 5 heteroatoms. The summed E-state index contributed by atoms with van der Waals surface area (Å²) in [7, 11) is 0. The molecule has 2 fully saturated rings. The molecule has 1 spiro atoms. The van der Waals surface area contributed by atoms with E-state index in [1.54, 1.807) is 6.20 Å². The van der Waals surface area contributed by atoms with Gasteiger partial charge in [-0.05, 0) is 32.0 Å². The summed E-state index contributed by atoms with van der Waals surface area (Å²) in [5.74, 6) is -2.37. The van der Waals surface area contributed by atoms with Crippen LogP contribution < -0.4 is 0 Å². The van der Waals surface area contributed by atoms with Crippen LogP contribution in [0.2, 0.25) is 0 Å². The molecule has 1 aliphatic carbocycles. The van der Waals surface area contributed by atoms with Crippen LogP contribution in [-0.2, 0) is 6.54 Å². The molecule has 1 aliphatic heterocycles. The third-order valence-corrected chi connectivity index (χ3v) is 4.23. The molecule has 0 amide bonds. The molecular formula is C12H17F2N3. The topological polar surface area (TPSA) is 21.1 Å². The average molecular weight is 241 g/mol. The second-order valence-corrected chi connectivity index (χ2v) is 5.27. The largest absolute Gasteiger partial charge is 0.301 e. The van der Waals surface area contributed by atoms with Crippen LogP contribution in [-0.4, -0.2) is 40.2 Å². The zero-order valence-corrected chi connectivity index (χ0v) is 9.78. The number of piperidine rings is 1. The van der Waals surface area contributed by atoms with Crippen LogP contribution in [0.15, 0.2) is 18.5 Å². The summed E-state index contributed by atoms with van der Waals surface area (Å²) in [6.45, 7) is 3.35. The molecule has 2 heterocycles. The van der Waals surface area contributed by atoms with Gasteiger partial charge in [-0.2, -0.15) is 5.10 Å². The van der Waals surface area contributed by atoms with Gasteiger partial charge in [0.15, 0.2) is 0 Å². The van der Waals surface area contributed by atoms with E-state index in [0.29, 0.717) is 12.8 Å². The Kier molecular flexibility index (Phi) is 2.47. The first-order valence-electron chi connectivity index (χ1n) is 6.19. The fourth-order valence-electron chi connectivity index (χ4n) is 2.80. The van der Waals surface area contributed by atoms with E-state index in [1.165, 1.54) is 0 Å². The van der Waals surface area contributed by atoms with Gasteiger partial charge in [-0.1, -0.05) is 0 Å². The normalized spacial score (nSPS) is 26.2. The Morgan fingerprint density at radius 1 is 1.18 bits per heavy atom. The molecule has 3 rings (SSSR count). The molecule has 1 saturated heterocycles. The monoisotopic (exact) mass is 241 g/mol. The number of likely N-dealkylation sites (tertiary alicyclic amines) is 1. The van der Waals surface area contributed by atoms with E-state index in [2.05, 4.69) is 10.00 Å². The quantitative estimate of drug-likeness (QED) is 0.807. The first-order valence-corrected chi connectivity index (χ1v) is 6.19. The minimum atomic E-state index is -2.37. The molecule has 17 heavy (non-hydrogen) atoms. The number of alkyl halides is 2. The Hall–Kier alpha value is -0.970. The lowest BCUT2D eigenvalue weighted by molar-refractivity contribution is 0.0307. The van der Waals surface area contributed by atoms with Crippen LogP contribution in [0, 0.1) is 5.41 Å². The second kappa shape index (κ2) is 3.77. The Bertz CT molecular complexity index is 380. The molecule has 2 aliphatic rings. The minimum Gasteiger partial charge on any atom is -0.301 e. The number of hydrogen-bond acceptors (Lipinski definition) is 2. The number of aromatic nitrogens is 2. The van der Waals surface area contributed by atoms with Gasteiger partial charge in [0.25, 0.3) is 5.92 Å². The lowest BCUT2D eigenvalue weighted by Crippen LogP contribution is -2.38. The fourth-order valence-corrected chi connectivity index (χ4v) is 2.80. The molecule has 3 nitrogen and oxygen atoms in total. The molecule has 1 aromatic heterocycles. The van der Waals surface area contributed by atoms with E-state index < -0.39 is 11.3 Å². The van der Waals surface area contributed by atoms with Crippen LogP contribution in [0.3, 0.4) is 0 Å². The van der Waals surface area contributed by atoms with Gasteiger partial charge >= 0.3 is 0 Å². The summed E-state index contributed by atoms with van der Waals surface area (Å²) in [5.41, 5.74) is -0.630. The predicted octanol–water partition coefficient (Wildman–Crippen LogP) is 2.00. The highest BCUT2D eigenvalue weighted by Crippen LogP contribution is 2.65. The van der Waals surface area contributed by atoms with Gasteiger partial charge < -0.3 is 4.90 Å². The lowest BCUT2D eigenvalue weighted by atomic mass is 9.93. The molecule has 1 aromatic rings. The number of halogens is 2. The maximum absolute atomic E-state index is 13.2. The average Bonchev–Trinajstić information content (AvgIpc) is 2.72. The van der Waals surface area contributed by atoms with Crippen LogP contribution >= 0.6 is 0 Å². The van der Waals surface area contributed by atoms with Crippen molar-refractivity contribution in [3.8, 4) is 0 Å². The number of hydrogen-bond donors (Lipinski definition) is 0. The molecule has 1 saturated carbocycles. The van der Waals surface area contributed by atoms with Crippen molar-refractivity contribution in [2.45, 2.75) is 31.7 Å². The first kappa shape index (κ1) is 11.1. The van der Waals surface area contributed by atoms with Crippen LogP contribution in [0.4, 0.5) is 8.78 Å². The molecule has 0 unspecified atom stereocenters. The molecule has 0 atom stereocenters. The molecule has 0 bridgehead atoms. The zero-order chi connectivity index (χ0) is 11.9. The Labute approximate surface area is 99.4 Å². The van der Waals surface area contributed by atoms with Crippen molar-refractivity contribution in [1.29, 1.82) is 0 Å². The van der Waals surface area contributed by atoms with E-state index in [-0.39, 0.29) is 6.42 Å². The third kappa shape index (κ3) is 1.97. The SMILES string of the molecule is FC1(F)CC12CCN(CCn1cccn1)CC2. The van der Waals surface area contributed by atoms with E-state index in [4.69, 9.17) is 0 Å². The molecule has 0 N–H and O–H groups in total. The summed E-state index contributed by atoms with van der Waals surface area (Å²) in [5, 5.41) is 4.13. The molecular weight excluding hydrogens is 224 g/mol. The Balaban J connectivity index is 1.46. The highest BCUT2D eigenvalue weighted by atomic mass is 19.3. The van der Waals surface area contributed by atoms with Gasteiger partial charge in [-0.15, -0.1) is 0 Å². The smallest absolute Gasteiger partial charge is 0.254 e. The summed E-state index contributed by atoms with van der Waals surface area (Å²) >= 11 is 0. The minimum absolute atomic E-state index is 0.118. The maximum Gasteiger partial charge on any atom is 0.254 e. The summed E-state index contributed by atoms with van der Waals surface area (Å²) in [4.78, 5) is 2.27. The van der Waals surface area contributed by atoms with Gasteiger partial charge in [0.2, 0.25) is 0 Å². The molecule has 0 radical (unpaired) electrons. The van der Waals surface area contributed by atoms with Crippen molar-refractivity contribution in [2.24, 2.45) is 5.41 Å². The van der Waals surface area contributed by atoms with Gasteiger partial charge in [0, 0.05) is 30.8 Å². The maximum atomic E-state index is 13.2. The summed E-state index contributed by atoms with van der Waals surface area (Å²) < 4.78 is 28.2. The van der Waals surface area contributed by atoms with E-state index >= 15 is 0 Å². The van der Waals surface area contributed by atoms with Crippen molar-refractivity contribution in [1.82, 2.24) is 14.7 Å². The number of rotatable bonds is 3. The predicted molar refractivity (Wildman–Crippen MR) is 59.9 cm³/mol. The van der Waals surface area contributed by atoms with Crippen molar-refractivity contribution in [3.05, 3.63) is 18.5 Å². The van der Waals surface area contributed by atoms with Gasteiger partial charge in [-0.25, -0.2) is 8.78 Å². The van der Waals surface area contributed by atoms with Crippen molar-refractivity contribution in [3.63, 3.8) is 0 Å². The molecule has 0 aromatic carbocycles. The highest BCUT2D eigenvalue weighted by molar-refractivity contribution is 5.11. The highest BCUT2D eigenvalue weighted by Gasteiger charge is 2.70. The van der Waals surface area contributed by atoms with Crippen LogP contribution in [0.1, 0.15) is 19.3 Å². The van der Waals surface area contributed by atoms with Gasteiger partial charge in [0.05, 0.1) is 6.54 Å². The van der Waals surface area contributed by atoms with Crippen LogP contribution in [0.25, 0.3) is 0 Å². The Morgan fingerprint density at radius 3 is 2.41 bits per heavy atom. The van der Waals surface area contributed by atoms with Crippen LogP contribution in [0.5, 0.6) is 0 Å². The third-order valence-electron chi connectivity index (χ3n) is 4.23. The number of nitrogens with zero attached hydrogens (tertiary/aromatic N) is 3. The Morgan fingerprint density at radius 2 is 1.88 bits per heavy atom. The standard InChI is InChI=1S/C12H17F2N3/c13-12(14)10-11(12)2-6-16(7-3-11)8-9-17-5-1-4-15-17/h1,4-5H,2-3,6-10H2. The first-order chi connectivity index (χ1) is 8.11. The van der Waals surface area contributed by atoms with E-state index in [0.717, 1.165) is 26.2 Å². The summed E-state index contributed by atoms with van der Waals surface area (Å²) in [6.07, 6.45) is 5.11. The van der Waals surface area contributed by atoms with Gasteiger partial charge in [-0.3, -0.25) is 4.68 Å². The van der Waals surface area contributed by atoms with Gasteiger partial charge in [0.1, 0.15) is 0 Å². The zero-order valence-electron chi connectivity index (χ0n) is 9.78. The summed E-state index contributed by atoms with van der Waals surface area (Å²) in [6, 6.07) is 1.90. The van der Waals surface area contributed by atoms with E-state index in [9.17, 15) is 8.78 Å². The van der Waals surface area contributed by atoms with E-state index in [1.807, 2.05) is 16.9 Å². The lowest BCUT2D eigenvalue weighted by Gasteiger charge is -2.32. The molecule has 94 valence electrons. The van der Waals surface area contributed by atoms with Crippen molar-refractivity contribution >= 4 is 0 Å². The fraction of sp³-hybridized carbons (Fsp3) is 0.750. The second-order valence-electron chi connectivity index (χ2n) is 5.27. The van der Waals surface area contributed by atoms with Crippen molar-refractivity contribution in [2.75, 3.05) is 19.6 Å².